The van der Waals surface area contributed by atoms with E-state index in [1.165, 1.54) is 24.7 Å². The highest BCUT2D eigenvalue weighted by atomic mass is 31.2. The fourth-order valence-electron chi connectivity index (χ4n) is 12.4. The Bertz CT molecular complexity index is 4240. The molecule has 560 valence electrons. The fraction of sp³-hybridized carbons (Fsp3) is 0.301. The zero-order valence-corrected chi connectivity index (χ0v) is 63.3. The first-order valence-corrected chi connectivity index (χ1v) is 40.3. The summed E-state index contributed by atoms with van der Waals surface area (Å²) in [6, 6.07) is 86.4. The third-order valence-electron chi connectivity index (χ3n) is 17.7. The molecule has 0 N–H and O–H groups in total. The van der Waals surface area contributed by atoms with Crippen molar-refractivity contribution in [2.24, 2.45) is 0 Å². The lowest BCUT2D eigenvalue weighted by atomic mass is 10.0. The molecule has 0 amide bonds. The number of carbonyl (C=O) groups excluding carboxylic acids is 2. The summed E-state index contributed by atoms with van der Waals surface area (Å²) in [5.74, 6) is -1.49. The number of ether oxygens (including phenoxy) is 7. The van der Waals surface area contributed by atoms with Crippen LogP contribution in [-0.4, -0.2) is 97.8 Å². The first-order chi connectivity index (χ1) is 52.0. The van der Waals surface area contributed by atoms with Gasteiger partial charge in [0.25, 0.3) is 8.32 Å². The van der Waals surface area contributed by atoms with Crippen LogP contribution in [0.4, 0.5) is 0 Å². The summed E-state index contributed by atoms with van der Waals surface area (Å²) >= 11 is 0. The second-order valence-corrected chi connectivity index (χ2v) is 34.3. The van der Waals surface area contributed by atoms with Gasteiger partial charge in [0.1, 0.15) is 36.2 Å². The number of aromatic nitrogens is 3. The van der Waals surface area contributed by atoms with Gasteiger partial charge in [-0.15, -0.1) is 5.10 Å². The molecule has 0 radical (unpaired) electrons. The van der Waals surface area contributed by atoms with Gasteiger partial charge in [-0.3, -0.25) is 36.7 Å². The Morgan fingerprint density at radius 2 is 0.748 bits per heavy atom. The van der Waals surface area contributed by atoms with E-state index in [0.717, 1.165) is 27.1 Å². The van der Waals surface area contributed by atoms with Gasteiger partial charge >= 0.3 is 27.6 Å². The molecule has 1 saturated heterocycles. The number of hydrogen-bond donors (Lipinski definition) is 0. The average molecular weight is 1510 g/mol. The highest BCUT2D eigenvalue weighted by Gasteiger charge is 2.53. The SMILES string of the molecule is CC(=O)O[C@@H]1[C@H](OC(C)=O)[C@@H](COP(=O)(OCc2ccccc2)OCc2ccccc2)O[C@H]1n1cc(CO[C@H](COP(=O)(OCc2ccccc2)OCc2ccccc2)[C@@H](OCc2ccccc2)[C@H](OCc2ccccc2)[C@H](CO[Si](c2ccccc2)(c2ccccc2)C(C)(C)C)OCc2ccccc2)nn1. The number of phosphoric acid groups is 2. The summed E-state index contributed by atoms with van der Waals surface area (Å²) in [4.78, 5) is 26.2. The third kappa shape index (κ3) is 23.1. The lowest BCUT2D eigenvalue weighted by molar-refractivity contribution is -0.200. The number of carbonyl (C=O) groups is 2. The number of nitrogens with zero attached hydrogens (tertiary/aromatic N) is 3. The van der Waals surface area contributed by atoms with Crippen LogP contribution >= 0.6 is 15.6 Å². The van der Waals surface area contributed by atoms with Crippen LogP contribution in [0.15, 0.2) is 279 Å². The zero-order valence-electron chi connectivity index (χ0n) is 60.5. The lowest BCUT2D eigenvalue weighted by Crippen LogP contribution is -2.67. The van der Waals surface area contributed by atoms with E-state index < -0.39 is 103 Å². The molecular formula is C83H91N3O18P2Si. The number of benzene rings is 9. The minimum atomic E-state index is -4.61. The maximum absolute atomic E-state index is 15.7. The molecule has 0 spiro atoms. The molecule has 24 heteroatoms. The predicted molar refractivity (Wildman–Crippen MR) is 404 cm³/mol. The maximum atomic E-state index is 15.7. The highest BCUT2D eigenvalue weighted by molar-refractivity contribution is 7.48. The van der Waals surface area contributed by atoms with Crippen LogP contribution < -0.4 is 10.4 Å². The summed E-state index contributed by atoms with van der Waals surface area (Å²) in [5, 5.41) is 10.7. The number of rotatable bonds is 41. The van der Waals surface area contributed by atoms with E-state index >= 15 is 4.57 Å². The van der Waals surface area contributed by atoms with Crippen LogP contribution in [0.3, 0.4) is 0 Å². The Labute approximate surface area is 626 Å². The standard InChI is InChI=1S/C83H91N3O18P2Si/c1-63(87)102-80-77(61-100-106(90,97-57-70-43-25-11-26-44-70)98-58-71-45-27-12-28-46-71)104-82(81(80)103-64(2)88)86-51-72(84-85-86)59-92-75(60-99-105(89,95-55-68-39-21-9-22-40-68)96-56-69-41-23-10-24-42-69)78(93-53-66-35-17-7-18-36-66)79(94-54-67-37-19-8-20-38-67)76(91-52-65-33-15-6-16-34-65)62-101-107(83(3,4)5,73-47-29-13-30-48-73)74-49-31-14-32-50-74/h6-51,75-82H,52-62H2,1-5H3/t75-,76+,77-,78-,79-,80-,81-,82-/m1/s1. The normalized spacial score (nSPS) is 16.7. The third-order valence-corrected chi connectivity index (χ3v) is 25.4. The number of hydrogen-bond acceptors (Lipinski definition) is 20. The van der Waals surface area contributed by atoms with Crippen molar-refractivity contribution in [3.05, 3.63) is 324 Å². The Hall–Kier alpha value is -8.74. The minimum Gasteiger partial charge on any atom is -0.456 e. The van der Waals surface area contributed by atoms with Crippen molar-refractivity contribution in [1.29, 1.82) is 0 Å². The lowest BCUT2D eigenvalue weighted by Gasteiger charge is -2.45. The molecule has 107 heavy (non-hydrogen) atoms. The van der Waals surface area contributed by atoms with Crippen LogP contribution in [0.5, 0.6) is 0 Å². The van der Waals surface area contributed by atoms with E-state index in [1.807, 2.05) is 224 Å². The van der Waals surface area contributed by atoms with Crippen molar-refractivity contribution >= 4 is 46.3 Å². The van der Waals surface area contributed by atoms with E-state index in [-0.39, 0.29) is 65.2 Å². The Morgan fingerprint density at radius 1 is 0.421 bits per heavy atom. The van der Waals surface area contributed by atoms with Gasteiger partial charge in [0.15, 0.2) is 18.4 Å². The molecule has 2 heterocycles. The largest absolute Gasteiger partial charge is 0.475 e. The summed E-state index contributed by atoms with van der Waals surface area (Å²) in [6.07, 6.45) is -8.50. The van der Waals surface area contributed by atoms with Gasteiger partial charge in [0.2, 0.25) is 0 Å². The molecular weight excluding hydrogens is 1420 g/mol. The van der Waals surface area contributed by atoms with Crippen LogP contribution in [-0.2, 0) is 136 Å². The van der Waals surface area contributed by atoms with Crippen molar-refractivity contribution < 1.29 is 83.4 Å². The number of esters is 2. The van der Waals surface area contributed by atoms with Gasteiger partial charge in [-0.2, -0.15) is 0 Å². The van der Waals surface area contributed by atoms with Gasteiger partial charge < -0.3 is 37.6 Å². The smallest absolute Gasteiger partial charge is 0.456 e. The summed E-state index contributed by atoms with van der Waals surface area (Å²) in [5.41, 5.74) is 5.48. The van der Waals surface area contributed by atoms with Crippen molar-refractivity contribution in [2.75, 3.05) is 19.8 Å². The molecule has 1 aliphatic rings. The van der Waals surface area contributed by atoms with Crippen molar-refractivity contribution in [2.45, 2.75) is 141 Å². The molecule has 10 aromatic rings. The second kappa shape index (κ2) is 39.4. The first kappa shape index (κ1) is 79.3. The van der Waals surface area contributed by atoms with Gasteiger partial charge in [0, 0.05) is 13.8 Å². The highest BCUT2D eigenvalue weighted by Crippen LogP contribution is 2.53. The molecule has 1 fully saturated rings. The van der Waals surface area contributed by atoms with Crippen molar-refractivity contribution in [3.63, 3.8) is 0 Å². The van der Waals surface area contributed by atoms with Crippen LogP contribution in [0.25, 0.3) is 0 Å². The molecule has 8 atom stereocenters. The van der Waals surface area contributed by atoms with E-state index in [0.29, 0.717) is 22.3 Å². The fourth-order valence-corrected chi connectivity index (χ4v) is 19.4. The Morgan fingerprint density at radius 3 is 1.12 bits per heavy atom. The quantitative estimate of drug-likeness (QED) is 0.0197. The molecule has 0 unspecified atom stereocenters. The Kier molecular flexibility index (Phi) is 29.2. The number of phosphoric ester groups is 2. The van der Waals surface area contributed by atoms with Crippen LogP contribution in [0.2, 0.25) is 5.04 Å². The molecule has 1 aromatic heterocycles. The van der Waals surface area contributed by atoms with Crippen LogP contribution in [0.1, 0.15) is 85.5 Å². The first-order valence-electron chi connectivity index (χ1n) is 35.5. The van der Waals surface area contributed by atoms with Gasteiger partial charge in [-0.05, 0) is 54.4 Å². The average Bonchev–Trinajstić information content (AvgIpc) is 1.25. The van der Waals surface area contributed by atoms with E-state index in [1.54, 1.807) is 24.3 Å². The molecule has 1 aliphatic heterocycles. The summed E-state index contributed by atoms with van der Waals surface area (Å²) in [6.45, 7) is 7.08. The molecule has 0 aliphatic carbocycles. The van der Waals surface area contributed by atoms with Gasteiger partial charge in [-0.25, -0.2) is 13.8 Å². The van der Waals surface area contributed by atoms with E-state index in [9.17, 15) is 14.2 Å². The second-order valence-electron chi connectivity index (χ2n) is 26.6. The minimum absolute atomic E-state index is 0.000905. The maximum Gasteiger partial charge on any atom is 0.475 e. The monoisotopic (exact) mass is 1510 g/mol. The molecule has 9 aromatic carbocycles. The van der Waals surface area contributed by atoms with E-state index in [4.69, 9.17) is 64.7 Å². The summed E-state index contributed by atoms with van der Waals surface area (Å²) in [7, 11) is -12.4. The Balaban J connectivity index is 0.986. The summed E-state index contributed by atoms with van der Waals surface area (Å²) < 4.78 is 124. The predicted octanol–water partition coefficient (Wildman–Crippen LogP) is 15.4. The van der Waals surface area contributed by atoms with Crippen molar-refractivity contribution in [1.82, 2.24) is 15.0 Å². The topological polar surface area (TPSA) is 228 Å². The van der Waals surface area contributed by atoms with Gasteiger partial charge in [0.05, 0.1) is 78.9 Å². The molecule has 0 bridgehead atoms. The van der Waals surface area contributed by atoms with Crippen LogP contribution in [0, 0.1) is 0 Å². The zero-order chi connectivity index (χ0) is 74.7. The molecule has 0 saturated carbocycles. The van der Waals surface area contributed by atoms with E-state index in [2.05, 4.69) is 55.3 Å². The van der Waals surface area contributed by atoms with Crippen molar-refractivity contribution in [3.8, 4) is 0 Å². The van der Waals surface area contributed by atoms with Gasteiger partial charge in [-0.1, -0.05) is 299 Å². The molecule has 11 rings (SSSR count). The molecule has 21 nitrogen and oxygen atoms in total.